The van der Waals surface area contributed by atoms with Gasteiger partial charge in [-0.25, -0.2) is 4.79 Å². The Kier molecular flexibility index (Phi) is 8.21. The lowest BCUT2D eigenvalue weighted by Gasteiger charge is -2.24. The zero-order chi connectivity index (χ0) is 21.4. The number of esters is 1. The van der Waals surface area contributed by atoms with E-state index >= 15 is 0 Å². The average molecular weight is 417 g/mol. The highest BCUT2D eigenvalue weighted by molar-refractivity contribution is 6.33. The van der Waals surface area contributed by atoms with E-state index in [0.717, 1.165) is 0 Å². The van der Waals surface area contributed by atoms with Crippen LogP contribution in [-0.2, 0) is 14.3 Å². The third kappa shape index (κ3) is 6.32. The highest BCUT2D eigenvalue weighted by atomic mass is 35.5. The van der Waals surface area contributed by atoms with E-state index in [0.29, 0.717) is 22.7 Å². The van der Waals surface area contributed by atoms with Crippen LogP contribution in [0.5, 0.6) is 0 Å². The molecule has 154 valence electrons. The van der Waals surface area contributed by atoms with E-state index in [-0.39, 0.29) is 11.8 Å². The van der Waals surface area contributed by atoms with Crippen molar-refractivity contribution in [3.8, 4) is 0 Å². The van der Waals surface area contributed by atoms with E-state index in [4.69, 9.17) is 16.3 Å². The van der Waals surface area contributed by atoms with E-state index in [1.165, 1.54) is 6.92 Å². The van der Waals surface area contributed by atoms with Crippen molar-refractivity contribution in [3.05, 3.63) is 65.2 Å². The molecule has 3 atom stereocenters. The standard InChI is InChI=1S/C22H25ClN2O4/c1-4-14(2)19(25-21(27)16-10-6-5-7-11-16)22(28)29-15(3)20(26)24-18-13-9-8-12-17(18)23/h5-15,19H,4H2,1-3H3,(H,24,26)(H,25,27)/t14-,15-,19-/m0/s1. The Labute approximate surface area is 175 Å². The number of ether oxygens (including phenoxy) is 1. The lowest BCUT2D eigenvalue weighted by atomic mass is 9.98. The molecule has 0 saturated carbocycles. The molecule has 6 nitrogen and oxygen atoms in total. The van der Waals surface area contributed by atoms with E-state index in [9.17, 15) is 14.4 Å². The molecule has 2 amide bonds. The molecule has 0 radical (unpaired) electrons. The van der Waals surface area contributed by atoms with Crippen LogP contribution in [0.2, 0.25) is 5.02 Å². The Balaban J connectivity index is 2.04. The molecule has 2 N–H and O–H groups in total. The van der Waals surface area contributed by atoms with Gasteiger partial charge in [-0.1, -0.05) is 62.2 Å². The van der Waals surface area contributed by atoms with Crippen LogP contribution in [0, 0.1) is 5.92 Å². The normalized spacial score (nSPS) is 13.7. The summed E-state index contributed by atoms with van der Waals surface area (Å²) in [5.74, 6) is -1.72. The summed E-state index contributed by atoms with van der Waals surface area (Å²) in [4.78, 5) is 37.5. The quantitative estimate of drug-likeness (QED) is 0.635. The highest BCUT2D eigenvalue weighted by Crippen LogP contribution is 2.21. The summed E-state index contributed by atoms with van der Waals surface area (Å²) in [6.07, 6.45) is -0.409. The Hall–Kier alpha value is -2.86. The molecule has 29 heavy (non-hydrogen) atoms. The minimum absolute atomic E-state index is 0.172. The molecule has 0 fully saturated rings. The minimum Gasteiger partial charge on any atom is -0.451 e. The number of carbonyl (C=O) groups is 3. The number of amides is 2. The van der Waals surface area contributed by atoms with Gasteiger partial charge in [-0.3, -0.25) is 9.59 Å². The molecule has 0 heterocycles. The molecule has 0 aliphatic rings. The van der Waals surface area contributed by atoms with Crippen molar-refractivity contribution in [3.63, 3.8) is 0 Å². The number of hydrogen-bond acceptors (Lipinski definition) is 4. The van der Waals surface area contributed by atoms with E-state index in [2.05, 4.69) is 10.6 Å². The molecular weight excluding hydrogens is 392 g/mol. The lowest BCUT2D eigenvalue weighted by molar-refractivity contribution is -0.156. The Morgan fingerprint density at radius 1 is 1.00 bits per heavy atom. The Bertz CT molecular complexity index is 857. The van der Waals surface area contributed by atoms with Crippen molar-refractivity contribution in [1.29, 1.82) is 0 Å². The number of nitrogens with one attached hydrogen (secondary N) is 2. The first kappa shape index (κ1) is 22.4. The predicted octanol–water partition coefficient (Wildman–Crippen LogP) is 4.05. The van der Waals surface area contributed by atoms with Crippen LogP contribution in [0.4, 0.5) is 5.69 Å². The van der Waals surface area contributed by atoms with E-state index < -0.39 is 24.0 Å². The summed E-state index contributed by atoms with van der Waals surface area (Å²) >= 11 is 6.04. The molecule has 0 aliphatic heterocycles. The molecule has 0 bridgehead atoms. The summed E-state index contributed by atoms with van der Waals surface area (Å²) < 4.78 is 5.34. The van der Waals surface area contributed by atoms with E-state index in [1.54, 1.807) is 54.6 Å². The van der Waals surface area contributed by atoms with Gasteiger partial charge in [0.05, 0.1) is 10.7 Å². The molecule has 0 saturated heterocycles. The van der Waals surface area contributed by atoms with Gasteiger partial charge in [0.1, 0.15) is 6.04 Å². The third-order valence-corrected chi connectivity index (χ3v) is 4.91. The van der Waals surface area contributed by atoms with Gasteiger partial charge in [-0.05, 0) is 37.1 Å². The van der Waals surface area contributed by atoms with Gasteiger partial charge in [0.2, 0.25) is 0 Å². The third-order valence-electron chi connectivity index (χ3n) is 4.58. The Morgan fingerprint density at radius 3 is 2.24 bits per heavy atom. The van der Waals surface area contributed by atoms with Gasteiger partial charge in [0.25, 0.3) is 11.8 Å². The lowest BCUT2D eigenvalue weighted by Crippen LogP contribution is -2.47. The topological polar surface area (TPSA) is 84.5 Å². The number of rotatable bonds is 8. The van der Waals surface area contributed by atoms with Crippen molar-refractivity contribution < 1.29 is 19.1 Å². The second-order valence-electron chi connectivity index (χ2n) is 6.75. The van der Waals surface area contributed by atoms with Crippen LogP contribution in [0.3, 0.4) is 0 Å². The van der Waals surface area contributed by atoms with Gasteiger partial charge in [0.15, 0.2) is 6.10 Å². The molecule has 2 aromatic carbocycles. The van der Waals surface area contributed by atoms with Gasteiger partial charge in [0, 0.05) is 5.56 Å². The molecule has 0 unspecified atom stereocenters. The van der Waals surface area contributed by atoms with Crippen LogP contribution < -0.4 is 10.6 Å². The number of carbonyl (C=O) groups excluding carboxylic acids is 3. The maximum absolute atomic E-state index is 12.7. The molecule has 0 spiro atoms. The number of hydrogen-bond donors (Lipinski definition) is 2. The van der Waals surface area contributed by atoms with Crippen molar-refractivity contribution in [1.82, 2.24) is 5.32 Å². The summed E-state index contributed by atoms with van der Waals surface area (Å²) in [7, 11) is 0. The second kappa shape index (κ2) is 10.6. The summed E-state index contributed by atoms with van der Waals surface area (Å²) in [5, 5.41) is 5.73. The molecule has 2 rings (SSSR count). The number of anilines is 1. The van der Waals surface area contributed by atoms with Gasteiger partial charge in [-0.15, -0.1) is 0 Å². The number of halogens is 1. The average Bonchev–Trinajstić information content (AvgIpc) is 2.73. The summed E-state index contributed by atoms with van der Waals surface area (Å²) in [5.41, 5.74) is 0.871. The van der Waals surface area contributed by atoms with Crippen molar-refractivity contribution in [2.45, 2.75) is 39.3 Å². The van der Waals surface area contributed by atoms with Crippen LogP contribution >= 0.6 is 11.6 Å². The zero-order valence-corrected chi connectivity index (χ0v) is 17.4. The maximum atomic E-state index is 12.7. The minimum atomic E-state index is -1.06. The fourth-order valence-electron chi connectivity index (χ4n) is 2.58. The smallest absolute Gasteiger partial charge is 0.329 e. The molecule has 2 aromatic rings. The first-order chi connectivity index (χ1) is 13.8. The van der Waals surface area contributed by atoms with Crippen molar-refractivity contribution in [2.75, 3.05) is 5.32 Å². The largest absolute Gasteiger partial charge is 0.451 e. The molecule has 0 aromatic heterocycles. The fraction of sp³-hybridized carbons (Fsp3) is 0.318. The molecule has 0 aliphatic carbocycles. The van der Waals surface area contributed by atoms with Crippen molar-refractivity contribution >= 4 is 35.1 Å². The highest BCUT2D eigenvalue weighted by Gasteiger charge is 2.30. The zero-order valence-electron chi connectivity index (χ0n) is 16.6. The van der Waals surface area contributed by atoms with Crippen LogP contribution in [0.15, 0.2) is 54.6 Å². The number of benzene rings is 2. The van der Waals surface area contributed by atoms with Gasteiger partial charge >= 0.3 is 5.97 Å². The van der Waals surface area contributed by atoms with E-state index in [1.807, 2.05) is 13.8 Å². The van der Waals surface area contributed by atoms with Crippen LogP contribution in [0.1, 0.15) is 37.6 Å². The predicted molar refractivity (Wildman–Crippen MR) is 113 cm³/mol. The fourth-order valence-corrected chi connectivity index (χ4v) is 2.76. The summed E-state index contributed by atoms with van der Waals surface area (Å²) in [6.45, 7) is 5.22. The summed E-state index contributed by atoms with van der Waals surface area (Å²) in [6, 6.07) is 14.5. The monoisotopic (exact) mass is 416 g/mol. The van der Waals surface area contributed by atoms with Crippen LogP contribution in [0.25, 0.3) is 0 Å². The van der Waals surface area contributed by atoms with Crippen LogP contribution in [-0.4, -0.2) is 29.9 Å². The van der Waals surface area contributed by atoms with Gasteiger partial charge in [-0.2, -0.15) is 0 Å². The first-order valence-electron chi connectivity index (χ1n) is 9.45. The first-order valence-corrected chi connectivity index (χ1v) is 9.83. The maximum Gasteiger partial charge on any atom is 0.329 e. The molecular formula is C22H25ClN2O4. The second-order valence-corrected chi connectivity index (χ2v) is 7.16. The van der Waals surface area contributed by atoms with Gasteiger partial charge < -0.3 is 15.4 Å². The van der Waals surface area contributed by atoms with Crippen molar-refractivity contribution in [2.24, 2.45) is 5.92 Å². The number of para-hydroxylation sites is 1. The molecule has 7 heteroatoms. The SMILES string of the molecule is CC[C@H](C)[C@H](NC(=O)c1ccccc1)C(=O)O[C@@H](C)C(=O)Nc1ccccc1Cl. The Morgan fingerprint density at radius 2 is 1.62 bits per heavy atom.